The van der Waals surface area contributed by atoms with Crippen LogP contribution in [0.15, 0.2) is 18.2 Å². The molecule has 1 atom stereocenters. The maximum Gasteiger partial charge on any atom is 0.254 e. The van der Waals surface area contributed by atoms with Crippen LogP contribution in [0.2, 0.25) is 0 Å². The summed E-state index contributed by atoms with van der Waals surface area (Å²) < 4.78 is 24.6. The minimum absolute atomic E-state index is 0.0146. The van der Waals surface area contributed by atoms with Gasteiger partial charge >= 0.3 is 0 Å². The highest BCUT2D eigenvalue weighted by Gasteiger charge is 2.44. The average Bonchev–Trinajstić information content (AvgIpc) is 2.61. The second kappa shape index (κ2) is 7.83. The quantitative estimate of drug-likeness (QED) is 0.836. The number of hydrogen-bond donors (Lipinski definition) is 0. The first-order valence-electron chi connectivity index (χ1n) is 9.26. The molecule has 25 heavy (non-hydrogen) atoms. The van der Waals surface area contributed by atoms with Crippen LogP contribution in [0.3, 0.4) is 0 Å². The molecule has 0 bridgehead atoms. The molecule has 1 aromatic carbocycles. The Morgan fingerprint density at radius 3 is 2.80 bits per heavy atom. The predicted molar refractivity (Wildman–Crippen MR) is 94.1 cm³/mol. The van der Waals surface area contributed by atoms with Gasteiger partial charge < -0.3 is 14.4 Å². The molecule has 0 aromatic heterocycles. The van der Waals surface area contributed by atoms with E-state index >= 15 is 0 Å². The number of rotatable bonds is 4. The number of halogens is 1. The number of piperidine rings is 1. The fourth-order valence-corrected chi connectivity index (χ4v) is 4.22. The molecule has 1 amide bonds. The van der Waals surface area contributed by atoms with E-state index in [4.69, 9.17) is 9.47 Å². The molecule has 0 aliphatic carbocycles. The number of nitrogens with zero attached hydrogens (tertiary/aromatic N) is 1. The van der Waals surface area contributed by atoms with E-state index in [2.05, 4.69) is 0 Å². The Bertz CT molecular complexity index is 611. The van der Waals surface area contributed by atoms with Crippen molar-refractivity contribution in [2.45, 2.75) is 33.1 Å². The highest BCUT2D eigenvalue weighted by molar-refractivity contribution is 5.95. The fraction of sp³-hybridized carbons (Fsp3) is 0.650. The lowest BCUT2D eigenvalue weighted by Gasteiger charge is -2.49. The number of hydrogen-bond acceptors (Lipinski definition) is 3. The van der Waals surface area contributed by atoms with E-state index in [-0.39, 0.29) is 17.1 Å². The van der Waals surface area contributed by atoms with E-state index in [1.807, 2.05) is 11.8 Å². The monoisotopic (exact) mass is 349 g/mol. The number of likely N-dealkylation sites (tertiary alicyclic amines) is 1. The van der Waals surface area contributed by atoms with Gasteiger partial charge in [0, 0.05) is 37.8 Å². The van der Waals surface area contributed by atoms with Crippen LogP contribution in [0, 0.1) is 24.1 Å². The lowest BCUT2D eigenvalue weighted by Crippen LogP contribution is -2.50. The predicted octanol–water partition coefficient (Wildman–Crippen LogP) is 3.43. The zero-order valence-corrected chi connectivity index (χ0v) is 15.2. The average molecular weight is 349 g/mol. The van der Waals surface area contributed by atoms with Crippen molar-refractivity contribution in [2.24, 2.45) is 11.3 Å². The van der Waals surface area contributed by atoms with Crippen molar-refractivity contribution in [2.75, 3.05) is 39.5 Å². The standard InChI is InChI=1S/C20H28FNO3/c1-3-24-13-16-14-25-11-8-20(16)6-9-22(10-7-20)19(23)18-5-4-17(21)12-15(18)2/h4-5,12,16H,3,6-11,13-14H2,1-2H3. The van der Waals surface area contributed by atoms with E-state index in [1.165, 1.54) is 12.1 Å². The number of ether oxygens (including phenoxy) is 2. The molecule has 2 aliphatic heterocycles. The van der Waals surface area contributed by atoms with E-state index in [1.54, 1.807) is 13.0 Å². The largest absolute Gasteiger partial charge is 0.381 e. The van der Waals surface area contributed by atoms with Crippen molar-refractivity contribution < 1.29 is 18.7 Å². The van der Waals surface area contributed by atoms with Crippen LogP contribution in [0.5, 0.6) is 0 Å². The van der Waals surface area contributed by atoms with Gasteiger partial charge in [0.15, 0.2) is 0 Å². The Morgan fingerprint density at radius 2 is 2.12 bits per heavy atom. The van der Waals surface area contributed by atoms with Crippen molar-refractivity contribution in [3.63, 3.8) is 0 Å². The van der Waals surface area contributed by atoms with E-state index in [0.717, 1.165) is 58.8 Å². The number of amides is 1. The Hall–Kier alpha value is -1.46. The van der Waals surface area contributed by atoms with Crippen LogP contribution >= 0.6 is 0 Å². The second-order valence-electron chi connectivity index (χ2n) is 7.30. The molecule has 5 heteroatoms. The van der Waals surface area contributed by atoms with Crippen LogP contribution in [0.25, 0.3) is 0 Å². The Morgan fingerprint density at radius 1 is 1.36 bits per heavy atom. The van der Waals surface area contributed by atoms with Crippen LogP contribution in [-0.4, -0.2) is 50.3 Å². The third kappa shape index (κ3) is 3.87. The van der Waals surface area contributed by atoms with Gasteiger partial charge in [-0.1, -0.05) is 0 Å². The van der Waals surface area contributed by atoms with Crippen molar-refractivity contribution in [1.29, 1.82) is 0 Å². The first-order valence-corrected chi connectivity index (χ1v) is 9.26. The summed E-state index contributed by atoms with van der Waals surface area (Å²) in [5, 5.41) is 0. The molecular formula is C20H28FNO3. The summed E-state index contributed by atoms with van der Waals surface area (Å²) in [6.07, 6.45) is 3.02. The van der Waals surface area contributed by atoms with Crippen LogP contribution in [0.1, 0.15) is 42.1 Å². The molecule has 1 spiro atoms. The molecular weight excluding hydrogens is 321 g/mol. The number of benzene rings is 1. The molecule has 2 saturated heterocycles. The van der Waals surface area contributed by atoms with Gasteiger partial charge in [0.25, 0.3) is 5.91 Å². The molecule has 0 radical (unpaired) electrons. The summed E-state index contributed by atoms with van der Waals surface area (Å²) in [7, 11) is 0. The summed E-state index contributed by atoms with van der Waals surface area (Å²) in [6.45, 7) is 8.32. The zero-order valence-electron chi connectivity index (χ0n) is 15.2. The van der Waals surface area contributed by atoms with E-state index < -0.39 is 0 Å². The molecule has 0 N–H and O–H groups in total. The minimum atomic E-state index is -0.299. The highest BCUT2D eigenvalue weighted by atomic mass is 19.1. The van der Waals surface area contributed by atoms with Gasteiger partial charge in [-0.2, -0.15) is 0 Å². The van der Waals surface area contributed by atoms with E-state index in [9.17, 15) is 9.18 Å². The van der Waals surface area contributed by atoms with Gasteiger partial charge in [-0.05, 0) is 62.3 Å². The van der Waals surface area contributed by atoms with Crippen LogP contribution in [0.4, 0.5) is 4.39 Å². The topological polar surface area (TPSA) is 38.8 Å². The minimum Gasteiger partial charge on any atom is -0.381 e. The van der Waals surface area contributed by atoms with Crippen LogP contribution < -0.4 is 0 Å². The number of carbonyl (C=O) groups excluding carboxylic acids is 1. The summed E-state index contributed by atoms with van der Waals surface area (Å²) in [6, 6.07) is 4.39. The van der Waals surface area contributed by atoms with Crippen LogP contribution in [-0.2, 0) is 9.47 Å². The normalized spacial score (nSPS) is 23.0. The van der Waals surface area contributed by atoms with Crippen molar-refractivity contribution in [1.82, 2.24) is 4.90 Å². The Labute approximate surface area is 149 Å². The first-order chi connectivity index (χ1) is 12.1. The number of carbonyl (C=O) groups is 1. The molecule has 138 valence electrons. The van der Waals surface area contributed by atoms with Crippen molar-refractivity contribution >= 4 is 5.91 Å². The summed E-state index contributed by atoms with van der Waals surface area (Å²) >= 11 is 0. The second-order valence-corrected chi connectivity index (χ2v) is 7.30. The summed E-state index contributed by atoms with van der Waals surface area (Å²) in [4.78, 5) is 14.7. The molecule has 3 rings (SSSR count). The summed E-state index contributed by atoms with van der Waals surface area (Å²) in [5.74, 6) is 0.124. The van der Waals surface area contributed by atoms with Gasteiger partial charge in [-0.15, -0.1) is 0 Å². The molecule has 2 aliphatic rings. The zero-order chi connectivity index (χ0) is 17.9. The molecule has 1 unspecified atom stereocenters. The van der Waals surface area contributed by atoms with Gasteiger partial charge in [0.1, 0.15) is 5.82 Å². The van der Waals surface area contributed by atoms with E-state index in [0.29, 0.717) is 17.0 Å². The maximum absolute atomic E-state index is 13.3. The van der Waals surface area contributed by atoms with Crippen molar-refractivity contribution in [3.05, 3.63) is 35.1 Å². The van der Waals surface area contributed by atoms with Gasteiger partial charge in [-0.3, -0.25) is 4.79 Å². The molecule has 1 aromatic rings. The lowest BCUT2D eigenvalue weighted by molar-refractivity contribution is -0.0956. The molecule has 0 saturated carbocycles. The molecule has 4 nitrogen and oxygen atoms in total. The fourth-order valence-electron chi connectivity index (χ4n) is 4.22. The summed E-state index contributed by atoms with van der Waals surface area (Å²) in [5.41, 5.74) is 1.53. The molecule has 2 heterocycles. The highest BCUT2D eigenvalue weighted by Crippen LogP contribution is 2.45. The first kappa shape index (κ1) is 18.3. The van der Waals surface area contributed by atoms with Gasteiger partial charge in [0.05, 0.1) is 13.2 Å². The third-order valence-corrected chi connectivity index (χ3v) is 5.92. The number of aryl methyl sites for hydroxylation is 1. The van der Waals surface area contributed by atoms with Gasteiger partial charge in [0.2, 0.25) is 0 Å². The third-order valence-electron chi connectivity index (χ3n) is 5.92. The molecule has 2 fully saturated rings. The smallest absolute Gasteiger partial charge is 0.254 e. The SMILES string of the molecule is CCOCC1COCCC12CCN(C(=O)c1ccc(F)cc1C)CC2. The van der Waals surface area contributed by atoms with Crippen molar-refractivity contribution in [3.8, 4) is 0 Å². The maximum atomic E-state index is 13.3. The Balaban J connectivity index is 1.66. The lowest BCUT2D eigenvalue weighted by atomic mass is 9.66. The Kier molecular flexibility index (Phi) is 5.74. The van der Waals surface area contributed by atoms with Gasteiger partial charge in [-0.25, -0.2) is 4.39 Å².